The lowest BCUT2D eigenvalue weighted by atomic mass is 10.1. The Balaban J connectivity index is 1.20. The smallest absolute Gasteiger partial charge is 0.246 e. The number of amides is 1. The summed E-state index contributed by atoms with van der Waals surface area (Å²) in [6.07, 6.45) is 7.30. The molecule has 0 aliphatic carbocycles. The molecule has 3 aliphatic rings. The normalized spacial score (nSPS) is 29.7. The summed E-state index contributed by atoms with van der Waals surface area (Å²) in [6, 6.07) is 5.72. The summed E-state index contributed by atoms with van der Waals surface area (Å²) >= 11 is 0. The van der Waals surface area contributed by atoms with E-state index in [0.29, 0.717) is 13.1 Å². The number of carbonyl (C=O) groups excluding carboxylic acids is 1. The molecular formula is C24H29NO8. The Kier molecular flexibility index (Phi) is 7.79. The van der Waals surface area contributed by atoms with Gasteiger partial charge in [-0.15, -0.1) is 0 Å². The largest absolute Gasteiger partial charge is 0.454 e. The molecule has 178 valence electrons. The summed E-state index contributed by atoms with van der Waals surface area (Å²) in [6.45, 7) is 1.37. The van der Waals surface area contributed by atoms with Crippen LogP contribution in [0.25, 0.3) is 6.08 Å². The van der Waals surface area contributed by atoms with Crippen molar-refractivity contribution >= 4 is 12.0 Å². The minimum Gasteiger partial charge on any atom is -0.454 e. The summed E-state index contributed by atoms with van der Waals surface area (Å²) < 4.78 is 21.5. The van der Waals surface area contributed by atoms with E-state index in [1.807, 2.05) is 36.4 Å². The molecule has 0 bridgehead atoms. The first-order valence-corrected chi connectivity index (χ1v) is 11.0. The van der Waals surface area contributed by atoms with Crippen molar-refractivity contribution in [1.29, 1.82) is 0 Å². The van der Waals surface area contributed by atoms with Crippen molar-refractivity contribution in [1.82, 2.24) is 4.90 Å². The van der Waals surface area contributed by atoms with Gasteiger partial charge in [0.1, 0.15) is 18.3 Å². The van der Waals surface area contributed by atoms with Crippen LogP contribution in [0.4, 0.5) is 0 Å². The lowest BCUT2D eigenvalue weighted by Crippen LogP contribution is -2.44. The molecule has 4 rings (SSSR count). The third kappa shape index (κ3) is 6.01. The van der Waals surface area contributed by atoms with Gasteiger partial charge in [0.25, 0.3) is 0 Å². The van der Waals surface area contributed by atoms with Crippen molar-refractivity contribution in [3.63, 3.8) is 0 Å². The third-order valence-corrected chi connectivity index (χ3v) is 5.78. The fraction of sp³-hybridized carbons (Fsp3) is 0.458. The topological polar surface area (TPSA) is 118 Å². The second-order valence-electron chi connectivity index (χ2n) is 8.14. The molecule has 9 nitrogen and oxygen atoms in total. The summed E-state index contributed by atoms with van der Waals surface area (Å²) in [5, 5.41) is 28.9. The molecule has 3 heterocycles. The number of allylic oxidation sites excluding steroid dienone is 4. The van der Waals surface area contributed by atoms with E-state index in [1.54, 1.807) is 17.1 Å². The molecule has 1 aromatic carbocycles. The number of hydrogen-bond donors (Lipinski definition) is 3. The number of piperidine rings is 1. The monoisotopic (exact) mass is 459 g/mol. The highest BCUT2D eigenvalue weighted by Crippen LogP contribution is 2.32. The number of aliphatic hydroxyl groups is 3. The molecule has 3 N–H and O–H groups in total. The zero-order valence-corrected chi connectivity index (χ0v) is 18.2. The second-order valence-corrected chi connectivity index (χ2v) is 8.14. The van der Waals surface area contributed by atoms with Gasteiger partial charge >= 0.3 is 0 Å². The molecule has 1 amide bonds. The molecule has 3 aliphatic heterocycles. The van der Waals surface area contributed by atoms with Gasteiger partial charge in [0.15, 0.2) is 17.8 Å². The van der Waals surface area contributed by atoms with Gasteiger partial charge in [-0.1, -0.05) is 36.4 Å². The van der Waals surface area contributed by atoms with Crippen LogP contribution in [-0.4, -0.2) is 83.3 Å². The summed E-state index contributed by atoms with van der Waals surface area (Å²) in [5.74, 6) is 1.38. The first-order chi connectivity index (χ1) is 16.0. The van der Waals surface area contributed by atoms with Crippen LogP contribution in [0.5, 0.6) is 11.5 Å². The van der Waals surface area contributed by atoms with E-state index < -0.39 is 24.6 Å². The Labute approximate surface area is 192 Å². The minimum absolute atomic E-state index is 0.0380. The average Bonchev–Trinajstić information content (AvgIpc) is 3.39. The maximum Gasteiger partial charge on any atom is 0.246 e. The molecule has 0 radical (unpaired) electrons. The van der Waals surface area contributed by atoms with Crippen molar-refractivity contribution in [3.05, 3.63) is 54.1 Å². The number of nitrogens with zero attached hydrogens (tertiary/aromatic N) is 1. The fourth-order valence-corrected chi connectivity index (χ4v) is 3.93. The standard InChI is InChI=1S/C24H29NO8/c26-21(8-4-2-1-3-6-16-9-10-18-19(12-16)32-15-31-18)25-11-5-7-17(13-25)30-14-20-22(27)23(28)24(29)33-20/h1-4,6,8-10,12,17,20,22-24,27-29H,5,7,11,13-15H2/b2-1+,6-3+,8-4+. The number of likely N-dealkylation sites (tertiary alicyclic amines) is 1. The van der Waals surface area contributed by atoms with Crippen LogP contribution < -0.4 is 9.47 Å². The third-order valence-electron chi connectivity index (χ3n) is 5.78. The van der Waals surface area contributed by atoms with Crippen LogP contribution in [0.1, 0.15) is 18.4 Å². The molecular weight excluding hydrogens is 430 g/mol. The molecule has 2 fully saturated rings. The number of benzene rings is 1. The molecule has 0 aromatic heterocycles. The van der Waals surface area contributed by atoms with Gasteiger partial charge in [-0.05, 0) is 30.5 Å². The molecule has 5 unspecified atom stereocenters. The van der Waals surface area contributed by atoms with E-state index in [0.717, 1.165) is 29.9 Å². The average molecular weight is 459 g/mol. The van der Waals surface area contributed by atoms with Crippen LogP contribution in [0.3, 0.4) is 0 Å². The Morgan fingerprint density at radius 1 is 1.09 bits per heavy atom. The van der Waals surface area contributed by atoms with E-state index in [9.17, 15) is 20.1 Å². The van der Waals surface area contributed by atoms with E-state index >= 15 is 0 Å². The predicted octanol–water partition coefficient (Wildman–Crippen LogP) is 0.987. The molecule has 2 saturated heterocycles. The summed E-state index contributed by atoms with van der Waals surface area (Å²) in [7, 11) is 0. The molecule has 0 spiro atoms. The van der Waals surface area contributed by atoms with E-state index in [1.165, 1.54) is 6.08 Å². The first-order valence-electron chi connectivity index (χ1n) is 11.0. The minimum atomic E-state index is -1.41. The SMILES string of the molecule is O=C(/C=C/C=C/C=C/c1ccc2c(c1)OCO2)N1CCCC(OCC2OC(O)C(O)C2O)C1. The Morgan fingerprint density at radius 2 is 1.91 bits per heavy atom. The number of aliphatic hydroxyl groups excluding tert-OH is 3. The number of rotatable bonds is 7. The Bertz CT molecular complexity index is 914. The number of fused-ring (bicyclic) bond motifs is 1. The maximum atomic E-state index is 12.5. The van der Waals surface area contributed by atoms with E-state index in [4.69, 9.17) is 18.9 Å². The summed E-state index contributed by atoms with van der Waals surface area (Å²) in [5.41, 5.74) is 0.989. The number of hydrogen-bond acceptors (Lipinski definition) is 8. The summed E-state index contributed by atoms with van der Waals surface area (Å²) in [4.78, 5) is 14.2. The zero-order chi connectivity index (χ0) is 23.2. The van der Waals surface area contributed by atoms with Gasteiger partial charge in [0.2, 0.25) is 12.7 Å². The van der Waals surface area contributed by atoms with Crippen molar-refractivity contribution in [2.45, 2.75) is 43.5 Å². The van der Waals surface area contributed by atoms with Gasteiger partial charge in [-0.3, -0.25) is 4.79 Å². The van der Waals surface area contributed by atoms with Gasteiger partial charge in [-0.2, -0.15) is 0 Å². The quantitative estimate of drug-likeness (QED) is 0.408. The number of carbonyl (C=O) groups is 1. The first kappa shape index (κ1) is 23.5. The lowest BCUT2D eigenvalue weighted by molar-refractivity contribution is -0.146. The van der Waals surface area contributed by atoms with Gasteiger partial charge in [0.05, 0.1) is 12.7 Å². The highest BCUT2D eigenvalue weighted by atomic mass is 16.7. The molecule has 9 heteroatoms. The van der Waals surface area contributed by atoms with Gasteiger partial charge in [-0.25, -0.2) is 0 Å². The highest BCUT2D eigenvalue weighted by molar-refractivity contribution is 5.88. The Hall–Kier alpha value is -2.69. The van der Waals surface area contributed by atoms with Crippen molar-refractivity contribution in [3.8, 4) is 11.5 Å². The molecule has 0 saturated carbocycles. The fourth-order valence-electron chi connectivity index (χ4n) is 3.93. The van der Waals surface area contributed by atoms with Gasteiger partial charge < -0.3 is 39.2 Å². The van der Waals surface area contributed by atoms with Gasteiger partial charge in [0, 0.05) is 19.2 Å². The van der Waals surface area contributed by atoms with Crippen LogP contribution in [0, 0.1) is 0 Å². The van der Waals surface area contributed by atoms with Crippen molar-refractivity contribution in [2.75, 3.05) is 26.5 Å². The van der Waals surface area contributed by atoms with Crippen LogP contribution in [-0.2, 0) is 14.3 Å². The van der Waals surface area contributed by atoms with E-state index in [2.05, 4.69) is 0 Å². The molecule has 1 aromatic rings. The highest BCUT2D eigenvalue weighted by Gasteiger charge is 2.42. The zero-order valence-electron chi connectivity index (χ0n) is 18.2. The maximum absolute atomic E-state index is 12.5. The van der Waals surface area contributed by atoms with Crippen LogP contribution in [0.2, 0.25) is 0 Å². The lowest BCUT2D eigenvalue weighted by Gasteiger charge is -2.32. The van der Waals surface area contributed by atoms with E-state index in [-0.39, 0.29) is 25.4 Å². The Morgan fingerprint density at radius 3 is 2.73 bits per heavy atom. The second kappa shape index (κ2) is 11.0. The number of ether oxygens (including phenoxy) is 4. The molecule has 5 atom stereocenters. The van der Waals surface area contributed by atoms with Crippen molar-refractivity contribution in [2.24, 2.45) is 0 Å². The van der Waals surface area contributed by atoms with Crippen LogP contribution in [0.15, 0.2) is 48.6 Å². The molecule has 33 heavy (non-hydrogen) atoms. The van der Waals surface area contributed by atoms with Crippen LogP contribution >= 0.6 is 0 Å². The van der Waals surface area contributed by atoms with Crippen molar-refractivity contribution < 1.29 is 39.1 Å². The predicted molar refractivity (Wildman–Crippen MR) is 118 cm³/mol.